The Kier molecular flexibility index (Phi) is 14.3. The van der Waals surface area contributed by atoms with Crippen LogP contribution >= 0.6 is 11.6 Å². The number of carbonyl (C=O) groups excluding carboxylic acids is 1. The fraction of sp³-hybridized carbons (Fsp3) is 0.333. The quantitative estimate of drug-likeness (QED) is 0.139. The summed E-state index contributed by atoms with van der Waals surface area (Å²) in [6.45, 7) is 6.53. The molecule has 302 valence electrons. The van der Waals surface area contributed by atoms with Crippen LogP contribution in [-0.4, -0.2) is 112 Å². The Bertz CT molecular complexity index is 2170. The average Bonchev–Trinajstić information content (AvgIpc) is 3.75. The molecule has 0 aliphatic heterocycles. The van der Waals surface area contributed by atoms with Crippen molar-refractivity contribution in [1.82, 2.24) is 39.4 Å². The third kappa shape index (κ3) is 10.4. The van der Waals surface area contributed by atoms with Crippen molar-refractivity contribution in [3.05, 3.63) is 65.0 Å². The maximum atomic E-state index is 12.4. The first-order valence-electron chi connectivity index (χ1n) is 15.9. The number of nitrogens with zero attached hydrogens (tertiary/aromatic N) is 8. The maximum absolute atomic E-state index is 12.4. The Morgan fingerprint density at radius 3 is 2.11 bits per heavy atom. The maximum Gasteiger partial charge on any atom is 0.490 e. The lowest BCUT2D eigenvalue weighted by molar-refractivity contribution is -0.193. The number of alkyl halides is 6. The molecule has 5 rings (SSSR count). The molecule has 1 atom stereocenters. The molecule has 5 aromatic rings. The second-order valence-corrected chi connectivity index (χ2v) is 12.0. The number of nitrogens with two attached hydrogens (primary N) is 1. The van der Waals surface area contributed by atoms with E-state index in [4.69, 9.17) is 47.0 Å². The molecule has 4 aromatic heterocycles. The van der Waals surface area contributed by atoms with Crippen molar-refractivity contribution >= 4 is 46.3 Å². The Morgan fingerprint density at radius 1 is 1.00 bits per heavy atom. The zero-order valence-corrected chi connectivity index (χ0v) is 30.8. The van der Waals surface area contributed by atoms with Crippen LogP contribution < -0.4 is 10.5 Å². The molecule has 4 heterocycles. The van der Waals surface area contributed by atoms with Crippen LogP contribution in [0, 0.1) is 6.92 Å². The van der Waals surface area contributed by atoms with E-state index in [0.29, 0.717) is 51.9 Å². The van der Waals surface area contributed by atoms with Crippen LogP contribution in [0.25, 0.3) is 33.4 Å². The minimum atomic E-state index is -5.08. The van der Waals surface area contributed by atoms with E-state index < -0.39 is 30.3 Å². The van der Waals surface area contributed by atoms with Gasteiger partial charge < -0.3 is 30.7 Å². The molecule has 1 amide bonds. The van der Waals surface area contributed by atoms with Gasteiger partial charge >= 0.3 is 24.3 Å². The van der Waals surface area contributed by atoms with Crippen LogP contribution in [0.2, 0.25) is 5.02 Å². The number of aliphatic carboxylic acids is 2. The zero-order chi connectivity index (χ0) is 42.3. The molecule has 1 unspecified atom stereocenters. The number of benzene rings is 1. The molecule has 23 heteroatoms. The average molecular weight is 818 g/mol. The largest absolute Gasteiger partial charge is 0.493 e. The molecule has 0 saturated heterocycles. The number of ether oxygens (including phenoxy) is 1. The van der Waals surface area contributed by atoms with Crippen LogP contribution in [0.1, 0.15) is 41.5 Å². The summed E-state index contributed by atoms with van der Waals surface area (Å²) >= 11 is 6.83. The SMILES string of the molecule is CCOc1c(C(C)n2nc(-c3cnn(CCO)c3)c3c(N)ncnc32)cc(Cl)c(C)c1-c1ccc(C(=O)N(C)C)nc1.O=C(O)C(F)(F)F.O=C(O)C(F)(F)F. The lowest BCUT2D eigenvalue weighted by Crippen LogP contribution is -2.22. The Hall–Kier alpha value is -6.03. The number of anilines is 1. The normalized spacial score (nSPS) is 11.9. The van der Waals surface area contributed by atoms with Gasteiger partial charge in [0.15, 0.2) is 5.65 Å². The van der Waals surface area contributed by atoms with E-state index in [9.17, 15) is 36.2 Å². The number of halogens is 7. The third-order valence-electron chi connectivity index (χ3n) is 7.53. The lowest BCUT2D eigenvalue weighted by atomic mass is 9.94. The number of carbonyl (C=O) groups is 3. The molecule has 0 fully saturated rings. The van der Waals surface area contributed by atoms with Crippen LogP contribution in [0.3, 0.4) is 0 Å². The number of carboxylic acid groups (broad SMARTS) is 2. The molecule has 0 saturated carbocycles. The molecular formula is C33H34ClF6N9O7. The topological polar surface area (TPSA) is 225 Å². The van der Waals surface area contributed by atoms with E-state index >= 15 is 0 Å². The molecular weight excluding hydrogens is 784 g/mol. The van der Waals surface area contributed by atoms with Gasteiger partial charge in [-0.3, -0.25) is 14.5 Å². The highest BCUT2D eigenvalue weighted by Crippen LogP contribution is 2.44. The number of carboxylic acids is 2. The summed E-state index contributed by atoms with van der Waals surface area (Å²) < 4.78 is 73.2. The summed E-state index contributed by atoms with van der Waals surface area (Å²) in [5.41, 5.74) is 11.6. The number of aromatic nitrogens is 7. The number of amides is 1. The third-order valence-corrected chi connectivity index (χ3v) is 7.92. The Labute approximate surface area is 318 Å². The standard InChI is InChI=1S/C29H32ClN9O3.2C2HF3O2/c1-6-42-26-20(11-21(30)16(2)23(26)18-7-8-22(32-12-18)29(41)37(4)5)17(3)39-28-24(27(31)33-15-34-28)25(36-39)19-13-35-38(14-19)9-10-40;2*3-2(4,5)1(6)7/h7-8,11-15,17,40H,6,9-10H2,1-5H3,(H2,31,33,34);2*(H,6,7). The van der Waals surface area contributed by atoms with Gasteiger partial charge in [0.1, 0.15) is 29.3 Å². The molecule has 0 aliphatic rings. The van der Waals surface area contributed by atoms with Gasteiger partial charge in [-0.1, -0.05) is 17.7 Å². The summed E-state index contributed by atoms with van der Waals surface area (Å²) in [5.74, 6) is -4.79. The molecule has 5 N–H and O–H groups in total. The summed E-state index contributed by atoms with van der Waals surface area (Å²) in [7, 11) is 3.37. The van der Waals surface area contributed by atoms with Crippen LogP contribution in [0.4, 0.5) is 32.2 Å². The fourth-order valence-corrected chi connectivity index (χ4v) is 5.12. The summed E-state index contributed by atoms with van der Waals surface area (Å²) in [6, 6.07) is 5.02. The van der Waals surface area contributed by atoms with Crippen molar-refractivity contribution in [2.45, 2.75) is 45.7 Å². The number of rotatable bonds is 9. The molecule has 0 bridgehead atoms. The number of nitrogen functional groups attached to an aromatic ring is 1. The van der Waals surface area contributed by atoms with E-state index in [1.807, 2.05) is 32.9 Å². The van der Waals surface area contributed by atoms with Gasteiger partial charge in [0.2, 0.25) is 0 Å². The minimum absolute atomic E-state index is 0.0421. The van der Waals surface area contributed by atoms with E-state index in [1.165, 1.54) is 11.2 Å². The second-order valence-electron chi connectivity index (χ2n) is 11.6. The van der Waals surface area contributed by atoms with Crippen molar-refractivity contribution in [3.63, 3.8) is 0 Å². The van der Waals surface area contributed by atoms with E-state index in [2.05, 4.69) is 20.1 Å². The second kappa shape index (κ2) is 18.1. The predicted molar refractivity (Wildman–Crippen MR) is 188 cm³/mol. The van der Waals surface area contributed by atoms with E-state index in [1.54, 1.807) is 48.1 Å². The first-order chi connectivity index (χ1) is 26.0. The number of hydrogen-bond acceptors (Lipinski definition) is 11. The van der Waals surface area contributed by atoms with Crippen LogP contribution in [0.15, 0.2) is 43.1 Å². The lowest BCUT2D eigenvalue weighted by Gasteiger charge is -2.23. The molecule has 1 aromatic carbocycles. The number of aliphatic hydroxyl groups excluding tert-OH is 1. The van der Waals surface area contributed by atoms with Crippen molar-refractivity contribution in [2.75, 3.05) is 33.0 Å². The van der Waals surface area contributed by atoms with Crippen molar-refractivity contribution < 1.29 is 60.8 Å². The summed E-state index contributed by atoms with van der Waals surface area (Å²) in [5, 5.41) is 34.0. The van der Waals surface area contributed by atoms with Gasteiger partial charge in [-0.25, -0.2) is 24.2 Å². The molecule has 0 radical (unpaired) electrons. The predicted octanol–water partition coefficient (Wildman–Crippen LogP) is 5.26. The highest BCUT2D eigenvalue weighted by Gasteiger charge is 2.39. The first-order valence-corrected chi connectivity index (χ1v) is 16.3. The Morgan fingerprint density at radius 2 is 1.61 bits per heavy atom. The van der Waals surface area contributed by atoms with Gasteiger partial charge in [0.25, 0.3) is 5.91 Å². The molecule has 56 heavy (non-hydrogen) atoms. The van der Waals surface area contributed by atoms with Gasteiger partial charge in [-0.2, -0.15) is 36.5 Å². The van der Waals surface area contributed by atoms with Crippen LogP contribution in [-0.2, 0) is 16.1 Å². The zero-order valence-electron chi connectivity index (χ0n) is 30.0. The van der Waals surface area contributed by atoms with Crippen molar-refractivity contribution in [1.29, 1.82) is 0 Å². The summed E-state index contributed by atoms with van der Waals surface area (Å²) in [6.07, 6.45) is -3.64. The highest BCUT2D eigenvalue weighted by atomic mass is 35.5. The van der Waals surface area contributed by atoms with Gasteiger partial charge in [-0.05, 0) is 38.5 Å². The van der Waals surface area contributed by atoms with Crippen molar-refractivity contribution in [3.8, 4) is 28.1 Å². The first kappa shape index (κ1) is 44.4. The number of fused-ring (bicyclic) bond motifs is 1. The number of hydrogen-bond donors (Lipinski definition) is 4. The van der Waals surface area contributed by atoms with E-state index in [0.717, 1.165) is 22.3 Å². The van der Waals surface area contributed by atoms with Gasteiger partial charge in [0.05, 0.1) is 37.4 Å². The van der Waals surface area contributed by atoms with Crippen LogP contribution in [0.5, 0.6) is 5.75 Å². The van der Waals surface area contributed by atoms with Crippen molar-refractivity contribution in [2.24, 2.45) is 0 Å². The smallest absolute Gasteiger partial charge is 0.490 e. The molecule has 0 aliphatic carbocycles. The minimum Gasteiger partial charge on any atom is -0.493 e. The molecule has 0 spiro atoms. The Balaban J connectivity index is 0.000000512. The fourth-order valence-electron chi connectivity index (χ4n) is 4.91. The van der Waals surface area contributed by atoms with E-state index in [-0.39, 0.29) is 18.3 Å². The number of aliphatic hydroxyl groups is 1. The monoisotopic (exact) mass is 817 g/mol. The molecule has 16 nitrogen and oxygen atoms in total. The van der Waals surface area contributed by atoms with Gasteiger partial charge in [0, 0.05) is 53.8 Å². The van der Waals surface area contributed by atoms with Gasteiger partial charge in [-0.15, -0.1) is 0 Å². The highest BCUT2D eigenvalue weighted by molar-refractivity contribution is 6.32. The summed E-state index contributed by atoms with van der Waals surface area (Å²) in [4.78, 5) is 44.9. The number of pyridine rings is 1.